The smallest absolute Gasteiger partial charge is 0.315 e. The number of hydrogen-bond acceptors (Lipinski definition) is 1. The second-order valence-corrected chi connectivity index (χ2v) is 5.89. The van der Waals surface area contributed by atoms with Crippen LogP contribution in [0.15, 0.2) is 24.3 Å². The van der Waals surface area contributed by atoms with E-state index in [2.05, 4.69) is 41.8 Å². The molecule has 110 valence electrons. The molecule has 1 aliphatic rings. The molecule has 0 aromatic heterocycles. The van der Waals surface area contributed by atoms with Gasteiger partial charge in [0.15, 0.2) is 0 Å². The molecule has 0 heterocycles. The molecule has 0 aliphatic heterocycles. The van der Waals surface area contributed by atoms with Crippen LogP contribution in [-0.4, -0.2) is 12.6 Å². The van der Waals surface area contributed by atoms with Gasteiger partial charge in [-0.05, 0) is 31.2 Å². The molecule has 0 unspecified atom stereocenters. The SMILES string of the molecule is Cc1ccc(CNC(=O)NCCCC2CCCC2)cc1. The van der Waals surface area contributed by atoms with E-state index in [1.54, 1.807) is 0 Å². The summed E-state index contributed by atoms with van der Waals surface area (Å²) in [5.41, 5.74) is 2.38. The summed E-state index contributed by atoms with van der Waals surface area (Å²) in [6.07, 6.45) is 7.93. The summed E-state index contributed by atoms with van der Waals surface area (Å²) in [4.78, 5) is 11.7. The monoisotopic (exact) mass is 274 g/mol. The molecular formula is C17H26N2O. The third-order valence-corrected chi connectivity index (χ3v) is 4.12. The van der Waals surface area contributed by atoms with Gasteiger partial charge in [-0.25, -0.2) is 4.79 Å². The van der Waals surface area contributed by atoms with E-state index in [4.69, 9.17) is 0 Å². The van der Waals surface area contributed by atoms with Crippen molar-refractivity contribution in [1.82, 2.24) is 10.6 Å². The van der Waals surface area contributed by atoms with Crippen molar-refractivity contribution in [2.45, 2.75) is 52.0 Å². The Morgan fingerprint density at radius 2 is 1.85 bits per heavy atom. The maximum absolute atomic E-state index is 11.7. The van der Waals surface area contributed by atoms with Gasteiger partial charge in [0.2, 0.25) is 0 Å². The Balaban J connectivity index is 1.54. The van der Waals surface area contributed by atoms with E-state index in [1.165, 1.54) is 37.7 Å². The molecular weight excluding hydrogens is 248 g/mol. The molecule has 2 rings (SSSR count). The van der Waals surface area contributed by atoms with Crippen LogP contribution in [0.5, 0.6) is 0 Å². The van der Waals surface area contributed by atoms with E-state index in [-0.39, 0.29) is 6.03 Å². The molecule has 0 radical (unpaired) electrons. The summed E-state index contributed by atoms with van der Waals surface area (Å²) in [5, 5.41) is 5.84. The minimum atomic E-state index is -0.0583. The number of benzene rings is 1. The summed E-state index contributed by atoms with van der Waals surface area (Å²) in [6.45, 7) is 3.44. The molecule has 2 amide bonds. The largest absolute Gasteiger partial charge is 0.338 e. The van der Waals surface area contributed by atoms with Crippen LogP contribution >= 0.6 is 0 Å². The van der Waals surface area contributed by atoms with Gasteiger partial charge in [0, 0.05) is 13.1 Å². The number of hydrogen-bond donors (Lipinski definition) is 2. The highest BCUT2D eigenvalue weighted by molar-refractivity contribution is 5.73. The van der Waals surface area contributed by atoms with Crippen molar-refractivity contribution in [2.75, 3.05) is 6.54 Å². The van der Waals surface area contributed by atoms with E-state index >= 15 is 0 Å². The second-order valence-electron chi connectivity index (χ2n) is 5.89. The molecule has 1 aromatic carbocycles. The Morgan fingerprint density at radius 3 is 2.55 bits per heavy atom. The van der Waals surface area contributed by atoms with Crippen LogP contribution in [-0.2, 0) is 6.54 Å². The molecule has 0 saturated heterocycles. The van der Waals surface area contributed by atoms with Gasteiger partial charge >= 0.3 is 6.03 Å². The molecule has 20 heavy (non-hydrogen) atoms. The Labute approximate surface area is 122 Å². The summed E-state index contributed by atoms with van der Waals surface area (Å²) in [6, 6.07) is 8.18. The van der Waals surface area contributed by atoms with Gasteiger partial charge in [0.05, 0.1) is 0 Å². The molecule has 0 atom stereocenters. The summed E-state index contributed by atoms with van der Waals surface area (Å²) < 4.78 is 0. The molecule has 1 fully saturated rings. The highest BCUT2D eigenvalue weighted by atomic mass is 16.2. The van der Waals surface area contributed by atoms with Gasteiger partial charge in [0.1, 0.15) is 0 Å². The van der Waals surface area contributed by atoms with Crippen molar-refractivity contribution < 1.29 is 4.79 Å². The first-order valence-electron chi connectivity index (χ1n) is 7.81. The highest BCUT2D eigenvalue weighted by Gasteiger charge is 2.14. The zero-order valence-corrected chi connectivity index (χ0v) is 12.5. The lowest BCUT2D eigenvalue weighted by Crippen LogP contribution is -2.35. The lowest BCUT2D eigenvalue weighted by Gasteiger charge is -2.10. The standard InChI is InChI=1S/C17H26N2O/c1-14-8-10-16(11-9-14)13-19-17(20)18-12-4-7-15-5-2-3-6-15/h8-11,15H,2-7,12-13H2,1H3,(H2,18,19,20). The Hall–Kier alpha value is -1.51. The van der Waals surface area contributed by atoms with Crippen LogP contribution in [0.3, 0.4) is 0 Å². The molecule has 3 heteroatoms. The number of urea groups is 1. The second kappa shape index (κ2) is 7.93. The van der Waals surface area contributed by atoms with Gasteiger partial charge < -0.3 is 10.6 Å². The van der Waals surface area contributed by atoms with Crippen molar-refractivity contribution in [2.24, 2.45) is 5.92 Å². The van der Waals surface area contributed by atoms with Crippen LogP contribution in [0, 0.1) is 12.8 Å². The van der Waals surface area contributed by atoms with E-state index in [0.29, 0.717) is 6.54 Å². The zero-order chi connectivity index (χ0) is 14.2. The predicted molar refractivity (Wildman–Crippen MR) is 82.6 cm³/mol. The first-order valence-corrected chi connectivity index (χ1v) is 7.81. The van der Waals surface area contributed by atoms with Crippen molar-refractivity contribution in [3.8, 4) is 0 Å². The molecule has 1 saturated carbocycles. The van der Waals surface area contributed by atoms with Gasteiger partial charge in [0.25, 0.3) is 0 Å². The van der Waals surface area contributed by atoms with Crippen molar-refractivity contribution in [3.05, 3.63) is 35.4 Å². The quantitative estimate of drug-likeness (QED) is 0.762. The Kier molecular flexibility index (Phi) is 5.90. The van der Waals surface area contributed by atoms with Crippen LogP contribution in [0.25, 0.3) is 0 Å². The van der Waals surface area contributed by atoms with E-state index in [0.717, 1.165) is 24.4 Å². The topological polar surface area (TPSA) is 41.1 Å². The minimum absolute atomic E-state index is 0.0583. The summed E-state index contributed by atoms with van der Waals surface area (Å²) in [5.74, 6) is 0.910. The molecule has 0 bridgehead atoms. The van der Waals surface area contributed by atoms with Gasteiger partial charge in [-0.15, -0.1) is 0 Å². The average Bonchev–Trinajstić information content (AvgIpc) is 2.96. The van der Waals surface area contributed by atoms with E-state index in [9.17, 15) is 4.79 Å². The van der Waals surface area contributed by atoms with Crippen LogP contribution in [0.4, 0.5) is 4.79 Å². The van der Waals surface area contributed by atoms with Gasteiger partial charge in [-0.2, -0.15) is 0 Å². The fourth-order valence-electron chi connectivity index (χ4n) is 2.84. The predicted octanol–water partition coefficient (Wildman–Crippen LogP) is 3.76. The number of aryl methyl sites for hydroxylation is 1. The van der Waals surface area contributed by atoms with Crippen LogP contribution in [0.2, 0.25) is 0 Å². The molecule has 2 N–H and O–H groups in total. The first kappa shape index (κ1) is 14.9. The highest BCUT2D eigenvalue weighted by Crippen LogP contribution is 2.28. The normalized spacial score (nSPS) is 15.2. The van der Waals surface area contributed by atoms with Crippen LogP contribution in [0.1, 0.15) is 49.7 Å². The fraction of sp³-hybridized carbons (Fsp3) is 0.588. The number of nitrogens with one attached hydrogen (secondary N) is 2. The van der Waals surface area contributed by atoms with Crippen molar-refractivity contribution >= 4 is 6.03 Å². The Bertz CT molecular complexity index is 408. The fourth-order valence-corrected chi connectivity index (χ4v) is 2.84. The van der Waals surface area contributed by atoms with Crippen molar-refractivity contribution in [3.63, 3.8) is 0 Å². The van der Waals surface area contributed by atoms with E-state index < -0.39 is 0 Å². The van der Waals surface area contributed by atoms with Crippen LogP contribution < -0.4 is 10.6 Å². The average molecular weight is 274 g/mol. The third kappa shape index (κ3) is 5.24. The molecule has 1 aromatic rings. The summed E-state index contributed by atoms with van der Waals surface area (Å²) in [7, 11) is 0. The third-order valence-electron chi connectivity index (χ3n) is 4.12. The maximum Gasteiger partial charge on any atom is 0.315 e. The molecule has 1 aliphatic carbocycles. The first-order chi connectivity index (χ1) is 9.74. The lowest BCUT2D eigenvalue weighted by atomic mass is 10.0. The van der Waals surface area contributed by atoms with E-state index in [1.807, 2.05) is 0 Å². The summed E-state index contributed by atoms with van der Waals surface area (Å²) >= 11 is 0. The Morgan fingerprint density at radius 1 is 1.15 bits per heavy atom. The number of carbonyl (C=O) groups excluding carboxylic acids is 1. The van der Waals surface area contributed by atoms with Gasteiger partial charge in [-0.1, -0.05) is 55.5 Å². The van der Waals surface area contributed by atoms with Gasteiger partial charge in [-0.3, -0.25) is 0 Å². The van der Waals surface area contributed by atoms with Crippen molar-refractivity contribution in [1.29, 1.82) is 0 Å². The maximum atomic E-state index is 11.7. The number of rotatable bonds is 6. The molecule has 3 nitrogen and oxygen atoms in total. The number of amides is 2. The minimum Gasteiger partial charge on any atom is -0.338 e. The zero-order valence-electron chi connectivity index (χ0n) is 12.5. The number of carbonyl (C=O) groups is 1. The molecule has 0 spiro atoms. The lowest BCUT2D eigenvalue weighted by molar-refractivity contribution is 0.240.